The summed E-state index contributed by atoms with van der Waals surface area (Å²) in [6.45, 7) is 5.14. The molecule has 0 amide bonds. The van der Waals surface area contributed by atoms with Gasteiger partial charge < -0.3 is 0 Å². The third-order valence-corrected chi connectivity index (χ3v) is 4.19. The predicted molar refractivity (Wildman–Crippen MR) is 83.0 cm³/mol. The summed E-state index contributed by atoms with van der Waals surface area (Å²) >= 11 is 0. The van der Waals surface area contributed by atoms with Crippen molar-refractivity contribution in [3.05, 3.63) is 30.0 Å². The van der Waals surface area contributed by atoms with Crippen LogP contribution in [0.15, 0.2) is 24.3 Å². The Balaban J connectivity index is 1.79. The Bertz CT molecular complexity index is 786. The topological polar surface area (TPSA) is 46.8 Å². The Kier molecular flexibility index (Phi) is 3.07. The maximum atomic E-state index is 4.78. The molecule has 3 heterocycles. The lowest BCUT2D eigenvalue weighted by atomic mass is 10.1. The van der Waals surface area contributed by atoms with Crippen molar-refractivity contribution in [3.8, 4) is 0 Å². The van der Waals surface area contributed by atoms with Crippen LogP contribution in [0.5, 0.6) is 0 Å². The Morgan fingerprint density at radius 3 is 2.48 bits per heavy atom. The highest BCUT2D eigenvalue weighted by atomic mass is 15.4. The highest BCUT2D eigenvalue weighted by Crippen LogP contribution is 2.19. The summed E-state index contributed by atoms with van der Waals surface area (Å²) in [5, 5.41) is 4.66. The molecule has 0 radical (unpaired) electrons. The van der Waals surface area contributed by atoms with E-state index < -0.39 is 0 Å². The number of fused-ring (bicyclic) bond motifs is 2. The van der Waals surface area contributed by atoms with Crippen LogP contribution in [-0.4, -0.2) is 37.7 Å². The molecule has 4 rings (SSSR count). The van der Waals surface area contributed by atoms with Gasteiger partial charge in [-0.3, -0.25) is 4.90 Å². The Hall–Kier alpha value is -2.01. The molecule has 1 aliphatic rings. The van der Waals surface area contributed by atoms with Crippen molar-refractivity contribution in [1.82, 2.24) is 24.6 Å². The van der Waals surface area contributed by atoms with Gasteiger partial charge in [-0.1, -0.05) is 18.6 Å². The number of nitrogens with zero attached hydrogens (tertiary/aromatic N) is 5. The molecule has 5 nitrogen and oxygen atoms in total. The van der Waals surface area contributed by atoms with Crippen LogP contribution in [0.25, 0.3) is 22.2 Å². The zero-order chi connectivity index (χ0) is 14.2. The standard InChI is InChI=1S/C16H19N5/c1-12-15-16(18-14-8-4-3-7-13(14)17-15)21(19-12)11-20-9-5-2-6-10-20/h3-4,7-8H,2,5-6,9-11H2,1H3. The summed E-state index contributed by atoms with van der Waals surface area (Å²) in [5.74, 6) is 0. The number of para-hydroxylation sites is 2. The summed E-state index contributed by atoms with van der Waals surface area (Å²) in [4.78, 5) is 12.0. The monoisotopic (exact) mass is 281 g/mol. The van der Waals surface area contributed by atoms with Crippen LogP contribution < -0.4 is 0 Å². The van der Waals surface area contributed by atoms with E-state index in [0.717, 1.165) is 47.6 Å². The second-order valence-corrected chi connectivity index (χ2v) is 5.79. The van der Waals surface area contributed by atoms with Crippen LogP contribution in [0.2, 0.25) is 0 Å². The number of hydrogen-bond donors (Lipinski definition) is 0. The van der Waals surface area contributed by atoms with E-state index in [1.54, 1.807) is 0 Å². The molecular weight excluding hydrogens is 262 g/mol. The molecule has 5 heteroatoms. The van der Waals surface area contributed by atoms with E-state index in [-0.39, 0.29) is 0 Å². The molecule has 3 aromatic rings. The van der Waals surface area contributed by atoms with Gasteiger partial charge in [0, 0.05) is 0 Å². The van der Waals surface area contributed by atoms with Gasteiger partial charge in [-0.05, 0) is 45.0 Å². The number of piperidine rings is 1. The number of rotatable bonds is 2. The van der Waals surface area contributed by atoms with Crippen LogP contribution in [0.3, 0.4) is 0 Å². The second-order valence-electron chi connectivity index (χ2n) is 5.79. The molecule has 0 N–H and O–H groups in total. The summed E-state index contributed by atoms with van der Waals surface area (Å²) in [6, 6.07) is 8.01. The molecule has 0 bridgehead atoms. The van der Waals surface area contributed by atoms with Gasteiger partial charge in [0.15, 0.2) is 5.65 Å². The lowest BCUT2D eigenvalue weighted by Gasteiger charge is -2.26. The van der Waals surface area contributed by atoms with Crippen LogP contribution >= 0.6 is 0 Å². The number of likely N-dealkylation sites (tertiary alicyclic amines) is 1. The number of hydrogen-bond acceptors (Lipinski definition) is 4. The zero-order valence-corrected chi connectivity index (χ0v) is 12.3. The van der Waals surface area contributed by atoms with E-state index in [1.165, 1.54) is 19.3 Å². The van der Waals surface area contributed by atoms with Gasteiger partial charge in [0.05, 0.1) is 23.4 Å². The summed E-state index contributed by atoms with van der Waals surface area (Å²) < 4.78 is 2.01. The number of aryl methyl sites for hydroxylation is 1. The highest BCUT2D eigenvalue weighted by Gasteiger charge is 2.16. The van der Waals surface area contributed by atoms with Crippen molar-refractivity contribution in [2.45, 2.75) is 32.9 Å². The average Bonchev–Trinajstić information content (AvgIpc) is 2.82. The van der Waals surface area contributed by atoms with Crippen molar-refractivity contribution in [2.75, 3.05) is 13.1 Å². The van der Waals surface area contributed by atoms with Crippen molar-refractivity contribution in [1.29, 1.82) is 0 Å². The molecule has 0 saturated carbocycles. The van der Waals surface area contributed by atoms with Gasteiger partial charge in [-0.2, -0.15) is 5.10 Å². The molecular formula is C16H19N5. The molecule has 0 unspecified atom stereocenters. The summed E-state index contributed by atoms with van der Waals surface area (Å²) in [5.41, 5.74) is 4.65. The quantitative estimate of drug-likeness (QED) is 0.724. The molecule has 108 valence electrons. The SMILES string of the molecule is Cc1nn(CN2CCCCC2)c2nc3ccccc3nc12. The summed E-state index contributed by atoms with van der Waals surface area (Å²) in [6.07, 6.45) is 3.92. The maximum Gasteiger partial charge on any atom is 0.178 e. The fourth-order valence-corrected chi connectivity index (χ4v) is 3.08. The fourth-order valence-electron chi connectivity index (χ4n) is 3.08. The van der Waals surface area contributed by atoms with Gasteiger partial charge in [-0.25, -0.2) is 14.6 Å². The minimum absolute atomic E-state index is 0.817. The largest absolute Gasteiger partial charge is 0.284 e. The molecule has 1 aliphatic heterocycles. The first kappa shape index (κ1) is 12.7. The van der Waals surface area contributed by atoms with Gasteiger partial charge >= 0.3 is 0 Å². The van der Waals surface area contributed by atoms with Crippen LogP contribution in [-0.2, 0) is 6.67 Å². The van der Waals surface area contributed by atoms with E-state index in [4.69, 9.17) is 9.97 Å². The van der Waals surface area contributed by atoms with Crippen molar-refractivity contribution in [3.63, 3.8) is 0 Å². The molecule has 0 aliphatic carbocycles. The number of aromatic nitrogens is 4. The Labute approximate surface area is 123 Å². The van der Waals surface area contributed by atoms with Gasteiger partial charge in [-0.15, -0.1) is 0 Å². The van der Waals surface area contributed by atoms with Crippen LogP contribution in [0.4, 0.5) is 0 Å². The Morgan fingerprint density at radius 2 is 1.71 bits per heavy atom. The molecule has 1 fully saturated rings. The van der Waals surface area contributed by atoms with E-state index in [1.807, 2.05) is 35.9 Å². The van der Waals surface area contributed by atoms with Crippen molar-refractivity contribution in [2.24, 2.45) is 0 Å². The first-order chi connectivity index (χ1) is 10.3. The van der Waals surface area contributed by atoms with Gasteiger partial charge in [0.1, 0.15) is 5.52 Å². The van der Waals surface area contributed by atoms with E-state index >= 15 is 0 Å². The Morgan fingerprint density at radius 1 is 1.00 bits per heavy atom. The maximum absolute atomic E-state index is 4.78. The smallest absolute Gasteiger partial charge is 0.178 e. The van der Waals surface area contributed by atoms with E-state index in [9.17, 15) is 0 Å². The second kappa shape index (κ2) is 5.07. The minimum atomic E-state index is 0.817. The van der Waals surface area contributed by atoms with Crippen molar-refractivity contribution < 1.29 is 0 Å². The molecule has 2 aromatic heterocycles. The summed E-state index contributed by atoms with van der Waals surface area (Å²) in [7, 11) is 0. The average molecular weight is 281 g/mol. The van der Waals surface area contributed by atoms with Gasteiger partial charge in [0.2, 0.25) is 0 Å². The van der Waals surface area contributed by atoms with E-state index in [0.29, 0.717) is 0 Å². The molecule has 0 atom stereocenters. The minimum Gasteiger partial charge on any atom is -0.284 e. The predicted octanol–water partition coefficient (Wildman–Crippen LogP) is 2.73. The number of benzene rings is 1. The lowest BCUT2D eigenvalue weighted by Crippen LogP contribution is -2.32. The lowest BCUT2D eigenvalue weighted by molar-refractivity contribution is 0.176. The molecule has 1 aromatic carbocycles. The normalized spacial score (nSPS) is 16.8. The van der Waals surface area contributed by atoms with E-state index in [2.05, 4.69) is 10.00 Å². The third kappa shape index (κ3) is 2.27. The molecule has 0 spiro atoms. The first-order valence-electron chi connectivity index (χ1n) is 7.63. The fraction of sp³-hybridized carbons (Fsp3) is 0.438. The first-order valence-corrected chi connectivity index (χ1v) is 7.63. The van der Waals surface area contributed by atoms with Crippen molar-refractivity contribution >= 4 is 22.2 Å². The zero-order valence-electron chi connectivity index (χ0n) is 12.3. The van der Waals surface area contributed by atoms with Crippen LogP contribution in [0, 0.1) is 6.92 Å². The third-order valence-electron chi connectivity index (χ3n) is 4.19. The van der Waals surface area contributed by atoms with Crippen LogP contribution in [0.1, 0.15) is 25.0 Å². The molecule has 21 heavy (non-hydrogen) atoms. The molecule has 1 saturated heterocycles. The highest BCUT2D eigenvalue weighted by molar-refractivity contribution is 5.85. The van der Waals surface area contributed by atoms with Gasteiger partial charge in [0.25, 0.3) is 0 Å².